The molecule has 0 N–H and O–H groups in total. The number of nitrogens with zero attached hydrogens (tertiary/aromatic N) is 1. The number of fused-ring (bicyclic) bond motifs is 6. The van der Waals surface area contributed by atoms with Crippen LogP contribution in [0.3, 0.4) is 0 Å². The van der Waals surface area contributed by atoms with Gasteiger partial charge in [0, 0.05) is 18.2 Å². The lowest BCUT2D eigenvalue weighted by molar-refractivity contribution is -0.122. The summed E-state index contributed by atoms with van der Waals surface area (Å²) in [5.74, 6) is 0.778. The molecule has 3 nitrogen and oxygen atoms in total. The van der Waals surface area contributed by atoms with Gasteiger partial charge < -0.3 is 9.64 Å². The Balaban J connectivity index is 1.54. The fourth-order valence-corrected chi connectivity index (χ4v) is 4.41. The third kappa shape index (κ3) is 1.55. The van der Waals surface area contributed by atoms with Gasteiger partial charge in [-0.05, 0) is 35.7 Å². The number of benzene rings is 2. The van der Waals surface area contributed by atoms with Crippen LogP contribution >= 0.6 is 0 Å². The zero-order valence-corrected chi connectivity index (χ0v) is 11.7. The van der Waals surface area contributed by atoms with Crippen LogP contribution in [0.1, 0.15) is 12.8 Å². The minimum absolute atomic E-state index is 0.107. The highest BCUT2D eigenvalue weighted by Crippen LogP contribution is 2.48. The summed E-state index contributed by atoms with van der Waals surface area (Å²) in [7, 11) is 0. The molecule has 4 atom stereocenters. The largest absolute Gasteiger partial charge is 0.374 e. The number of carbonyl (C=O) groups excluding carboxylic acids is 1. The van der Waals surface area contributed by atoms with Crippen LogP contribution < -0.4 is 4.90 Å². The quantitative estimate of drug-likeness (QED) is 0.803. The van der Waals surface area contributed by atoms with E-state index < -0.39 is 0 Å². The van der Waals surface area contributed by atoms with Gasteiger partial charge in [0.05, 0.1) is 18.1 Å². The molecule has 1 amide bonds. The maximum absolute atomic E-state index is 12.8. The van der Waals surface area contributed by atoms with E-state index in [0.717, 1.165) is 25.1 Å². The first-order valence-electron chi connectivity index (χ1n) is 7.77. The summed E-state index contributed by atoms with van der Waals surface area (Å²) in [6.07, 6.45) is 2.68. The zero-order chi connectivity index (χ0) is 14.0. The molecule has 0 aliphatic carbocycles. The maximum atomic E-state index is 12.8. The van der Waals surface area contributed by atoms with Crippen molar-refractivity contribution in [1.29, 1.82) is 0 Å². The van der Waals surface area contributed by atoms with E-state index in [9.17, 15) is 4.79 Å². The van der Waals surface area contributed by atoms with E-state index in [1.54, 1.807) is 0 Å². The molecule has 2 aromatic rings. The smallest absolute Gasteiger partial charge is 0.233 e. The Morgan fingerprint density at radius 3 is 2.67 bits per heavy atom. The summed E-state index contributed by atoms with van der Waals surface area (Å²) in [6, 6.07) is 14.6. The first-order valence-corrected chi connectivity index (χ1v) is 7.77. The van der Waals surface area contributed by atoms with Crippen LogP contribution in [0.15, 0.2) is 42.5 Å². The molecule has 5 rings (SSSR count). The van der Waals surface area contributed by atoms with Gasteiger partial charge in [0.15, 0.2) is 0 Å². The third-order valence-electron chi connectivity index (χ3n) is 5.41. The van der Waals surface area contributed by atoms with Gasteiger partial charge >= 0.3 is 0 Å². The lowest BCUT2D eigenvalue weighted by Crippen LogP contribution is -2.31. The summed E-state index contributed by atoms with van der Waals surface area (Å²) in [5, 5.41) is 2.41. The number of carbonyl (C=O) groups is 1. The normalized spacial score (nSPS) is 33.9. The van der Waals surface area contributed by atoms with Crippen LogP contribution in [0.5, 0.6) is 0 Å². The molecule has 3 aliphatic heterocycles. The molecule has 106 valence electrons. The van der Waals surface area contributed by atoms with E-state index in [4.69, 9.17) is 4.74 Å². The minimum atomic E-state index is 0.107. The molecule has 0 saturated carbocycles. The standard InChI is InChI=1S/C18H17NO2/c20-18-17-14(15-7-8-16(17)21-15)10-19(18)13-6-5-11-3-1-2-4-12(11)9-13/h1-6,9,14-17H,7-8,10H2. The van der Waals surface area contributed by atoms with Gasteiger partial charge in [0.25, 0.3) is 0 Å². The number of ether oxygens (including phenoxy) is 1. The minimum Gasteiger partial charge on any atom is -0.374 e. The van der Waals surface area contributed by atoms with Crippen molar-refractivity contribution in [3.8, 4) is 0 Å². The highest BCUT2D eigenvalue weighted by atomic mass is 16.5. The SMILES string of the molecule is O=C1C2C3CCC(O3)C2CN1c1ccc2ccccc2c1. The zero-order valence-electron chi connectivity index (χ0n) is 11.7. The average Bonchev–Trinajstić information content (AvgIpc) is 3.20. The molecule has 3 saturated heterocycles. The van der Waals surface area contributed by atoms with E-state index in [0.29, 0.717) is 12.0 Å². The van der Waals surface area contributed by atoms with Crippen molar-refractivity contribution in [2.45, 2.75) is 25.0 Å². The molecule has 3 heterocycles. The summed E-state index contributed by atoms with van der Waals surface area (Å²) < 4.78 is 5.92. The molecule has 0 aromatic heterocycles. The number of amides is 1. The molecule has 3 fully saturated rings. The van der Waals surface area contributed by atoms with Crippen LogP contribution in [0, 0.1) is 11.8 Å². The monoisotopic (exact) mass is 279 g/mol. The maximum Gasteiger partial charge on any atom is 0.233 e. The van der Waals surface area contributed by atoms with Crippen molar-refractivity contribution in [1.82, 2.24) is 0 Å². The first kappa shape index (κ1) is 11.8. The molecule has 4 unspecified atom stereocenters. The van der Waals surface area contributed by atoms with Gasteiger partial charge in [0.2, 0.25) is 5.91 Å². The topological polar surface area (TPSA) is 29.5 Å². The van der Waals surface area contributed by atoms with E-state index in [1.807, 2.05) is 17.0 Å². The van der Waals surface area contributed by atoms with Gasteiger partial charge in [-0.15, -0.1) is 0 Å². The van der Waals surface area contributed by atoms with Gasteiger partial charge in [-0.1, -0.05) is 30.3 Å². The summed E-state index contributed by atoms with van der Waals surface area (Å²) in [4.78, 5) is 14.7. The molecular formula is C18H17NO2. The van der Waals surface area contributed by atoms with Crippen molar-refractivity contribution in [3.63, 3.8) is 0 Å². The average molecular weight is 279 g/mol. The van der Waals surface area contributed by atoms with E-state index in [2.05, 4.69) is 30.3 Å². The van der Waals surface area contributed by atoms with E-state index >= 15 is 0 Å². The van der Waals surface area contributed by atoms with Gasteiger partial charge in [-0.2, -0.15) is 0 Å². The Morgan fingerprint density at radius 2 is 1.81 bits per heavy atom. The number of hydrogen-bond donors (Lipinski definition) is 0. The Morgan fingerprint density at radius 1 is 1.00 bits per heavy atom. The Labute approximate surface area is 123 Å². The number of rotatable bonds is 1. The van der Waals surface area contributed by atoms with E-state index in [-0.39, 0.29) is 17.9 Å². The lowest BCUT2D eigenvalue weighted by atomic mass is 9.81. The summed E-state index contributed by atoms with van der Waals surface area (Å²) in [5.41, 5.74) is 1.03. The first-order chi connectivity index (χ1) is 10.3. The Bertz CT molecular complexity index is 741. The second-order valence-electron chi connectivity index (χ2n) is 6.46. The Hall–Kier alpha value is -1.87. The van der Waals surface area contributed by atoms with Crippen LogP contribution in [-0.4, -0.2) is 24.7 Å². The van der Waals surface area contributed by atoms with Crippen molar-refractivity contribution in [2.75, 3.05) is 11.4 Å². The molecule has 2 bridgehead atoms. The van der Waals surface area contributed by atoms with Crippen LogP contribution in [0.4, 0.5) is 5.69 Å². The highest BCUT2D eigenvalue weighted by molar-refractivity contribution is 6.00. The fourth-order valence-electron chi connectivity index (χ4n) is 4.41. The van der Waals surface area contributed by atoms with Crippen LogP contribution in [0.25, 0.3) is 10.8 Å². The van der Waals surface area contributed by atoms with Crippen molar-refractivity contribution in [2.24, 2.45) is 11.8 Å². The third-order valence-corrected chi connectivity index (χ3v) is 5.41. The van der Waals surface area contributed by atoms with Crippen LogP contribution in [0.2, 0.25) is 0 Å². The van der Waals surface area contributed by atoms with Gasteiger partial charge in [-0.3, -0.25) is 4.79 Å². The number of hydrogen-bond acceptors (Lipinski definition) is 2. The van der Waals surface area contributed by atoms with Crippen molar-refractivity contribution < 1.29 is 9.53 Å². The van der Waals surface area contributed by atoms with Gasteiger partial charge in [-0.25, -0.2) is 0 Å². The molecule has 3 heteroatoms. The summed E-state index contributed by atoms with van der Waals surface area (Å²) in [6.45, 7) is 0.822. The van der Waals surface area contributed by atoms with E-state index in [1.165, 1.54) is 10.8 Å². The molecule has 0 radical (unpaired) electrons. The molecule has 3 aliphatic rings. The molecular weight excluding hydrogens is 262 g/mol. The van der Waals surface area contributed by atoms with Crippen molar-refractivity contribution in [3.05, 3.63) is 42.5 Å². The summed E-state index contributed by atoms with van der Waals surface area (Å²) >= 11 is 0. The molecule has 0 spiro atoms. The lowest BCUT2D eigenvalue weighted by Gasteiger charge is -2.19. The second kappa shape index (κ2) is 4.08. The fraction of sp³-hybridized carbons (Fsp3) is 0.389. The Kier molecular flexibility index (Phi) is 2.28. The van der Waals surface area contributed by atoms with Gasteiger partial charge in [0.1, 0.15) is 0 Å². The molecule has 2 aromatic carbocycles. The predicted molar refractivity (Wildman–Crippen MR) is 81.2 cm³/mol. The van der Waals surface area contributed by atoms with Crippen LogP contribution in [-0.2, 0) is 9.53 Å². The second-order valence-corrected chi connectivity index (χ2v) is 6.46. The number of anilines is 1. The van der Waals surface area contributed by atoms with Crippen molar-refractivity contribution >= 4 is 22.4 Å². The predicted octanol–water partition coefficient (Wildman–Crippen LogP) is 2.98. The molecule has 21 heavy (non-hydrogen) atoms. The highest BCUT2D eigenvalue weighted by Gasteiger charge is 2.57.